The van der Waals surface area contributed by atoms with Crippen LogP contribution >= 0.6 is 0 Å². The maximum Gasteiger partial charge on any atom is 0.227 e. The Labute approximate surface area is 150 Å². The standard InChI is InChI=1S/C19H24N2O3.CH4/c1-2-15-5-7-16(8-6-15)10-18(24)21-13-19(14-21)11-20(12-19)17(23)4-3-9-22;/h5-9H,2-4,10-14H2,1H3;1H4. The fourth-order valence-electron chi connectivity index (χ4n) is 3.60. The van der Waals surface area contributed by atoms with Gasteiger partial charge >= 0.3 is 0 Å². The van der Waals surface area contributed by atoms with Crippen molar-refractivity contribution >= 4 is 18.1 Å². The van der Waals surface area contributed by atoms with Gasteiger partial charge in [-0.1, -0.05) is 38.6 Å². The summed E-state index contributed by atoms with van der Waals surface area (Å²) in [5, 5.41) is 0. The first-order valence-electron chi connectivity index (χ1n) is 8.62. The number of likely N-dealkylation sites (tertiary alicyclic amines) is 2. The number of aryl methyl sites for hydroxylation is 1. The Hall–Kier alpha value is -2.17. The van der Waals surface area contributed by atoms with Gasteiger partial charge in [0.15, 0.2) is 0 Å². The van der Waals surface area contributed by atoms with E-state index in [4.69, 9.17) is 0 Å². The molecule has 1 spiro atoms. The molecule has 0 bridgehead atoms. The van der Waals surface area contributed by atoms with E-state index in [1.165, 1.54) is 5.56 Å². The van der Waals surface area contributed by atoms with Crippen LogP contribution in [-0.4, -0.2) is 54.1 Å². The number of hydrogen-bond acceptors (Lipinski definition) is 3. The molecule has 1 aromatic rings. The number of amides is 2. The highest BCUT2D eigenvalue weighted by Crippen LogP contribution is 2.40. The SMILES string of the molecule is C.CCc1ccc(CC(=O)N2CC3(CN(C(=O)CCC=O)C3)C2)cc1. The molecule has 0 unspecified atom stereocenters. The first kappa shape index (κ1) is 19.2. The van der Waals surface area contributed by atoms with Crippen LogP contribution in [0.25, 0.3) is 0 Å². The number of carbonyl (C=O) groups excluding carboxylic acids is 3. The molecule has 0 atom stereocenters. The Morgan fingerprint density at radius 2 is 1.52 bits per heavy atom. The van der Waals surface area contributed by atoms with Crippen LogP contribution in [0.5, 0.6) is 0 Å². The van der Waals surface area contributed by atoms with Crippen molar-refractivity contribution in [1.29, 1.82) is 0 Å². The van der Waals surface area contributed by atoms with Gasteiger partial charge in [0.25, 0.3) is 0 Å². The van der Waals surface area contributed by atoms with E-state index in [2.05, 4.69) is 19.1 Å². The normalized spacial score (nSPS) is 17.3. The molecule has 1 aromatic carbocycles. The predicted octanol–water partition coefficient (Wildman–Crippen LogP) is 2.08. The molecule has 2 heterocycles. The minimum absolute atomic E-state index is 0. The van der Waals surface area contributed by atoms with Crippen LogP contribution in [0.2, 0.25) is 0 Å². The summed E-state index contributed by atoms with van der Waals surface area (Å²) in [4.78, 5) is 38.2. The van der Waals surface area contributed by atoms with Crippen LogP contribution in [0, 0.1) is 5.41 Å². The average molecular weight is 344 g/mol. The van der Waals surface area contributed by atoms with Crippen molar-refractivity contribution < 1.29 is 14.4 Å². The summed E-state index contributed by atoms with van der Waals surface area (Å²) in [7, 11) is 0. The Balaban J connectivity index is 0.00000225. The van der Waals surface area contributed by atoms with Gasteiger partial charge < -0.3 is 14.6 Å². The van der Waals surface area contributed by atoms with Crippen molar-refractivity contribution in [3.8, 4) is 0 Å². The van der Waals surface area contributed by atoms with E-state index >= 15 is 0 Å². The average Bonchev–Trinajstić information content (AvgIpc) is 2.51. The second-order valence-electron chi connectivity index (χ2n) is 7.05. The van der Waals surface area contributed by atoms with E-state index in [-0.39, 0.29) is 24.7 Å². The monoisotopic (exact) mass is 344 g/mol. The molecular formula is C20H28N2O3. The molecule has 5 heteroatoms. The van der Waals surface area contributed by atoms with Gasteiger partial charge in [0.05, 0.1) is 6.42 Å². The summed E-state index contributed by atoms with van der Waals surface area (Å²) < 4.78 is 0. The number of rotatable bonds is 6. The number of carbonyl (C=O) groups is 3. The molecule has 2 fully saturated rings. The zero-order valence-corrected chi connectivity index (χ0v) is 14.2. The van der Waals surface area contributed by atoms with Gasteiger partial charge in [0.1, 0.15) is 6.29 Å². The molecule has 25 heavy (non-hydrogen) atoms. The highest BCUT2D eigenvalue weighted by atomic mass is 16.2. The van der Waals surface area contributed by atoms with Crippen LogP contribution in [0.1, 0.15) is 38.3 Å². The van der Waals surface area contributed by atoms with Crippen molar-refractivity contribution in [2.45, 2.75) is 40.0 Å². The Morgan fingerprint density at radius 1 is 1.00 bits per heavy atom. The first-order valence-corrected chi connectivity index (χ1v) is 8.62. The van der Waals surface area contributed by atoms with Gasteiger partial charge in [-0.25, -0.2) is 0 Å². The van der Waals surface area contributed by atoms with Gasteiger partial charge in [-0.05, 0) is 17.5 Å². The largest absolute Gasteiger partial charge is 0.341 e. The second kappa shape index (κ2) is 7.81. The summed E-state index contributed by atoms with van der Waals surface area (Å²) in [6, 6.07) is 8.22. The zero-order valence-electron chi connectivity index (χ0n) is 14.2. The van der Waals surface area contributed by atoms with Crippen LogP contribution < -0.4 is 0 Å². The minimum atomic E-state index is 0. The molecule has 0 aromatic heterocycles. The quantitative estimate of drug-likeness (QED) is 0.743. The maximum absolute atomic E-state index is 12.3. The molecule has 136 valence electrons. The van der Waals surface area contributed by atoms with E-state index in [9.17, 15) is 14.4 Å². The number of benzene rings is 1. The summed E-state index contributed by atoms with van der Waals surface area (Å²) in [5.41, 5.74) is 2.44. The molecule has 2 aliphatic heterocycles. The summed E-state index contributed by atoms with van der Waals surface area (Å²) >= 11 is 0. The molecule has 5 nitrogen and oxygen atoms in total. The van der Waals surface area contributed by atoms with Crippen molar-refractivity contribution in [1.82, 2.24) is 9.80 Å². The zero-order chi connectivity index (χ0) is 17.2. The third-order valence-electron chi connectivity index (χ3n) is 5.07. The van der Waals surface area contributed by atoms with Crippen LogP contribution in [0.3, 0.4) is 0 Å². The predicted molar refractivity (Wildman–Crippen MR) is 97.1 cm³/mol. The maximum atomic E-state index is 12.3. The Kier molecular flexibility index (Phi) is 5.98. The molecule has 3 rings (SSSR count). The lowest BCUT2D eigenvalue weighted by molar-refractivity contribution is -0.168. The molecule has 2 aliphatic rings. The van der Waals surface area contributed by atoms with E-state index in [1.807, 2.05) is 17.0 Å². The lowest BCUT2D eigenvalue weighted by Gasteiger charge is -2.60. The second-order valence-corrected chi connectivity index (χ2v) is 7.05. The summed E-state index contributed by atoms with van der Waals surface area (Å²) in [6.07, 6.45) is 2.83. The van der Waals surface area contributed by atoms with Gasteiger partial charge in [0, 0.05) is 44.4 Å². The number of hydrogen-bond donors (Lipinski definition) is 0. The lowest BCUT2D eigenvalue weighted by atomic mass is 9.72. The lowest BCUT2D eigenvalue weighted by Crippen LogP contribution is -2.73. The minimum Gasteiger partial charge on any atom is -0.341 e. The van der Waals surface area contributed by atoms with Gasteiger partial charge in [0.2, 0.25) is 11.8 Å². The molecule has 0 N–H and O–H groups in total. The molecule has 2 saturated heterocycles. The fourth-order valence-corrected chi connectivity index (χ4v) is 3.60. The molecule has 0 radical (unpaired) electrons. The highest BCUT2D eigenvalue weighted by Gasteiger charge is 2.54. The van der Waals surface area contributed by atoms with E-state index in [1.54, 1.807) is 4.90 Å². The van der Waals surface area contributed by atoms with E-state index in [0.717, 1.165) is 44.4 Å². The Bertz CT molecular complexity index is 625. The third kappa shape index (κ3) is 4.09. The Morgan fingerprint density at radius 3 is 2.04 bits per heavy atom. The van der Waals surface area contributed by atoms with Crippen molar-refractivity contribution in [2.24, 2.45) is 5.41 Å². The summed E-state index contributed by atoms with van der Waals surface area (Å²) in [5.74, 6) is 0.212. The fraction of sp³-hybridized carbons (Fsp3) is 0.550. The van der Waals surface area contributed by atoms with Crippen LogP contribution in [0.15, 0.2) is 24.3 Å². The molecular weight excluding hydrogens is 316 g/mol. The topological polar surface area (TPSA) is 57.7 Å². The van der Waals surface area contributed by atoms with Crippen molar-refractivity contribution in [3.63, 3.8) is 0 Å². The highest BCUT2D eigenvalue weighted by molar-refractivity contribution is 5.81. The summed E-state index contributed by atoms with van der Waals surface area (Å²) in [6.45, 7) is 5.05. The van der Waals surface area contributed by atoms with Gasteiger partial charge in [-0.15, -0.1) is 0 Å². The molecule has 0 aliphatic carbocycles. The first-order chi connectivity index (χ1) is 11.5. The third-order valence-corrected chi connectivity index (χ3v) is 5.07. The molecule has 2 amide bonds. The molecule has 0 saturated carbocycles. The van der Waals surface area contributed by atoms with E-state index in [0.29, 0.717) is 19.3 Å². The van der Waals surface area contributed by atoms with Gasteiger partial charge in [-0.2, -0.15) is 0 Å². The number of nitrogens with zero attached hydrogens (tertiary/aromatic N) is 2. The van der Waals surface area contributed by atoms with Crippen molar-refractivity contribution in [2.75, 3.05) is 26.2 Å². The van der Waals surface area contributed by atoms with Crippen LogP contribution in [-0.2, 0) is 27.2 Å². The van der Waals surface area contributed by atoms with Crippen molar-refractivity contribution in [3.05, 3.63) is 35.4 Å². The van der Waals surface area contributed by atoms with Gasteiger partial charge in [-0.3, -0.25) is 9.59 Å². The smallest absolute Gasteiger partial charge is 0.227 e. The van der Waals surface area contributed by atoms with Crippen LogP contribution in [0.4, 0.5) is 0 Å². The number of aldehydes is 1. The van der Waals surface area contributed by atoms with E-state index < -0.39 is 0 Å².